The van der Waals surface area contributed by atoms with Crippen LogP contribution in [0.3, 0.4) is 0 Å². The van der Waals surface area contributed by atoms with E-state index in [1.54, 1.807) is 0 Å². The van der Waals surface area contributed by atoms with Gasteiger partial charge in [-0.15, -0.1) is 0 Å². The fourth-order valence-electron chi connectivity index (χ4n) is 1.59. The molecule has 2 heterocycles. The quantitative estimate of drug-likeness (QED) is 0.843. The Morgan fingerprint density at radius 3 is 2.75 bits per heavy atom. The zero-order chi connectivity index (χ0) is 14.8. The van der Waals surface area contributed by atoms with Gasteiger partial charge in [-0.1, -0.05) is 0 Å². The summed E-state index contributed by atoms with van der Waals surface area (Å²) in [4.78, 5) is 25.1. The van der Waals surface area contributed by atoms with Crippen LogP contribution in [0.2, 0.25) is 0 Å². The molecule has 1 amide bonds. The molecule has 2 rings (SSSR count). The fourth-order valence-corrected chi connectivity index (χ4v) is 1.59. The molecule has 0 saturated carbocycles. The van der Waals surface area contributed by atoms with Crippen molar-refractivity contribution in [3.8, 4) is 0 Å². The highest BCUT2D eigenvalue weighted by atomic mass is 19.4. The van der Waals surface area contributed by atoms with Crippen LogP contribution in [-0.2, 0) is 20.4 Å². The number of aromatic amines is 1. The van der Waals surface area contributed by atoms with Gasteiger partial charge in [0.2, 0.25) is 0 Å². The molecule has 1 saturated heterocycles. The van der Waals surface area contributed by atoms with Crippen LogP contribution in [-0.4, -0.2) is 36.8 Å². The number of H-pyrrole nitrogens is 1. The average Bonchev–Trinajstić information content (AvgIpc) is 2.41. The van der Waals surface area contributed by atoms with E-state index in [0.29, 0.717) is 18.9 Å². The molecule has 2 N–H and O–H groups in total. The second-order valence-corrected chi connectivity index (χ2v) is 4.05. The molecule has 20 heavy (non-hydrogen) atoms. The van der Waals surface area contributed by atoms with E-state index in [0.717, 1.165) is 0 Å². The van der Waals surface area contributed by atoms with Crippen molar-refractivity contribution in [2.45, 2.75) is 12.3 Å². The van der Waals surface area contributed by atoms with E-state index in [-0.39, 0.29) is 13.2 Å². The van der Waals surface area contributed by atoms with E-state index >= 15 is 0 Å². The standard InChI is InChI=1S/C11H11F3N2O4/c12-11(13,14)6-3-7(9(17)15-4-6)16-10(18)8-5-19-1-2-20-8/h3-4,8H,1-2,5H2,(H,15,17)(H,16,18). The molecule has 1 aliphatic rings. The summed E-state index contributed by atoms with van der Waals surface area (Å²) in [5.41, 5.74) is -2.38. The summed E-state index contributed by atoms with van der Waals surface area (Å²) in [5.74, 6) is -0.727. The summed E-state index contributed by atoms with van der Waals surface area (Å²) < 4.78 is 47.6. The molecule has 1 aromatic heterocycles. The number of halogens is 3. The lowest BCUT2D eigenvalue weighted by atomic mass is 10.2. The molecule has 1 aliphatic heterocycles. The van der Waals surface area contributed by atoms with Crippen molar-refractivity contribution in [1.82, 2.24) is 4.98 Å². The molecule has 0 aliphatic carbocycles. The first-order chi connectivity index (χ1) is 9.38. The Hall–Kier alpha value is -1.87. The number of hydrogen-bond donors (Lipinski definition) is 2. The van der Waals surface area contributed by atoms with Gasteiger partial charge >= 0.3 is 6.18 Å². The third kappa shape index (κ3) is 3.36. The van der Waals surface area contributed by atoms with Gasteiger partial charge in [-0.25, -0.2) is 0 Å². The number of amides is 1. The number of rotatable bonds is 2. The predicted molar refractivity (Wildman–Crippen MR) is 61.3 cm³/mol. The minimum absolute atomic E-state index is 0.0112. The smallest absolute Gasteiger partial charge is 0.376 e. The molecule has 0 bridgehead atoms. The van der Waals surface area contributed by atoms with E-state index < -0.39 is 35.0 Å². The van der Waals surface area contributed by atoms with Gasteiger partial charge < -0.3 is 19.8 Å². The maximum absolute atomic E-state index is 12.5. The molecule has 1 aromatic rings. The zero-order valence-electron chi connectivity index (χ0n) is 10.1. The highest BCUT2D eigenvalue weighted by Crippen LogP contribution is 2.29. The van der Waals surface area contributed by atoms with Gasteiger partial charge in [0.1, 0.15) is 5.69 Å². The van der Waals surface area contributed by atoms with Crippen LogP contribution >= 0.6 is 0 Å². The van der Waals surface area contributed by atoms with E-state index in [4.69, 9.17) is 9.47 Å². The van der Waals surface area contributed by atoms with Crippen molar-refractivity contribution in [2.75, 3.05) is 25.1 Å². The zero-order valence-corrected chi connectivity index (χ0v) is 10.1. The number of hydrogen-bond acceptors (Lipinski definition) is 4. The molecule has 9 heteroatoms. The summed E-state index contributed by atoms with van der Waals surface area (Å²) in [6.07, 6.45) is -5.02. The molecular formula is C11H11F3N2O4. The molecule has 1 unspecified atom stereocenters. The fraction of sp³-hybridized carbons (Fsp3) is 0.455. The Bertz CT molecular complexity index is 549. The normalized spacial score (nSPS) is 19.6. The molecule has 0 spiro atoms. The van der Waals surface area contributed by atoms with E-state index in [1.165, 1.54) is 0 Å². The Labute approximate surface area is 110 Å². The van der Waals surface area contributed by atoms with Crippen molar-refractivity contribution < 1.29 is 27.4 Å². The molecule has 110 valence electrons. The molecule has 1 atom stereocenters. The lowest BCUT2D eigenvalue weighted by Gasteiger charge is -2.21. The van der Waals surface area contributed by atoms with Crippen molar-refractivity contribution in [2.24, 2.45) is 0 Å². The third-order valence-electron chi connectivity index (χ3n) is 2.60. The lowest BCUT2D eigenvalue weighted by molar-refractivity contribution is -0.142. The first kappa shape index (κ1) is 14.5. The molecule has 1 fully saturated rings. The highest BCUT2D eigenvalue weighted by molar-refractivity contribution is 5.94. The number of pyridine rings is 1. The number of ether oxygens (including phenoxy) is 2. The van der Waals surface area contributed by atoms with Gasteiger partial charge in [0.05, 0.1) is 25.4 Å². The average molecular weight is 292 g/mol. The largest absolute Gasteiger partial charge is 0.417 e. The van der Waals surface area contributed by atoms with Crippen LogP contribution < -0.4 is 10.9 Å². The summed E-state index contributed by atoms with van der Waals surface area (Å²) in [6, 6.07) is 0.570. The summed E-state index contributed by atoms with van der Waals surface area (Å²) in [7, 11) is 0. The van der Waals surface area contributed by atoms with Crippen LogP contribution in [0.4, 0.5) is 18.9 Å². The third-order valence-corrected chi connectivity index (χ3v) is 2.60. The van der Waals surface area contributed by atoms with Gasteiger partial charge in [-0.2, -0.15) is 13.2 Å². The minimum Gasteiger partial charge on any atom is -0.376 e. The Morgan fingerprint density at radius 1 is 1.40 bits per heavy atom. The Morgan fingerprint density at radius 2 is 2.15 bits per heavy atom. The van der Waals surface area contributed by atoms with Crippen molar-refractivity contribution >= 4 is 11.6 Å². The number of anilines is 1. The van der Waals surface area contributed by atoms with Crippen LogP contribution in [0.1, 0.15) is 5.56 Å². The molecular weight excluding hydrogens is 281 g/mol. The van der Waals surface area contributed by atoms with Gasteiger partial charge in [0.15, 0.2) is 6.10 Å². The van der Waals surface area contributed by atoms with E-state index in [1.807, 2.05) is 4.98 Å². The summed E-state index contributed by atoms with van der Waals surface area (Å²) in [5, 5.41) is 2.10. The predicted octanol–water partition coefficient (Wildman–Crippen LogP) is 0.748. The number of carbonyl (C=O) groups excluding carboxylic acids is 1. The van der Waals surface area contributed by atoms with E-state index in [9.17, 15) is 22.8 Å². The first-order valence-corrected chi connectivity index (χ1v) is 5.68. The van der Waals surface area contributed by atoms with Crippen LogP contribution in [0.5, 0.6) is 0 Å². The molecule has 6 nitrogen and oxygen atoms in total. The molecule has 0 radical (unpaired) electrons. The number of nitrogens with one attached hydrogen (secondary N) is 2. The first-order valence-electron chi connectivity index (χ1n) is 5.68. The van der Waals surface area contributed by atoms with Crippen molar-refractivity contribution in [3.63, 3.8) is 0 Å². The topological polar surface area (TPSA) is 80.4 Å². The number of alkyl halides is 3. The highest BCUT2D eigenvalue weighted by Gasteiger charge is 2.32. The van der Waals surface area contributed by atoms with Crippen LogP contribution in [0, 0.1) is 0 Å². The number of aromatic nitrogens is 1. The second kappa shape index (κ2) is 5.63. The van der Waals surface area contributed by atoms with E-state index in [2.05, 4.69) is 5.32 Å². The minimum atomic E-state index is -4.62. The Kier molecular flexibility index (Phi) is 4.09. The SMILES string of the molecule is O=C(Nc1cc(C(F)(F)F)c[nH]c1=O)C1COCCO1. The van der Waals surface area contributed by atoms with Crippen molar-refractivity contribution in [3.05, 3.63) is 28.2 Å². The van der Waals surface area contributed by atoms with Gasteiger partial charge in [0, 0.05) is 6.20 Å². The Balaban J connectivity index is 2.16. The monoisotopic (exact) mass is 292 g/mol. The maximum atomic E-state index is 12.5. The van der Waals surface area contributed by atoms with Gasteiger partial charge in [-0.3, -0.25) is 9.59 Å². The second-order valence-electron chi connectivity index (χ2n) is 4.05. The summed E-state index contributed by atoms with van der Waals surface area (Å²) in [6.45, 7) is 0.535. The van der Waals surface area contributed by atoms with Gasteiger partial charge in [0.25, 0.3) is 11.5 Å². The lowest BCUT2D eigenvalue weighted by Crippen LogP contribution is -2.40. The van der Waals surface area contributed by atoms with Crippen molar-refractivity contribution in [1.29, 1.82) is 0 Å². The van der Waals surface area contributed by atoms with Crippen LogP contribution in [0.15, 0.2) is 17.1 Å². The van der Waals surface area contributed by atoms with Gasteiger partial charge in [-0.05, 0) is 6.07 Å². The maximum Gasteiger partial charge on any atom is 0.417 e. The van der Waals surface area contributed by atoms with Crippen LogP contribution in [0.25, 0.3) is 0 Å². The number of carbonyl (C=O) groups is 1. The molecule has 0 aromatic carbocycles. The summed E-state index contributed by atoms with van der Waals surface area (Å²) >= 11 is 0.